The molecule has 0 aromatic heterocycles. The first-order valence-electron chi connectivity index (χ1n) is 7.66. The van der Waals surface area contributed by atoms with Crippen LogP contribution in [0.2, 0.25) is 0 Å². The van der Waals surface area contributed by atoms with E-state index in [0.717, 1.165) is 12.1 Å². The Kier molecular flexibility index (Phi) is 6.05. The van der Waals surface area contributed by atoms with Crippen LogP contribution in [-0.2, 0) is 28.1 Å². The zero-order valence-electron chi connectivity index (χ0n) is 14.3. The highest BCUT2D eigenvalue weighted by Crippen LogP contribution is 2.37. The number of amides is 2. The Hall–Kier alpha value is -3.25. The van der Waals surface area contributed by atoms with Crippen molar-refractivity contribution in [1.82, 2.24) is 0 Å². The highest BCUT2D eigenvalue weighted by Gasteiger charge is 2.37. The Bertz CT molecular complexity index is 913. The van der Waals surface area contributed by atoms with Gasteiger partial charge in [0.05, 0.1) is 16.7 Å². The van der Waals surface area contributed by atoms with Crippen molar-refractivity contribution in [2.24, 2.45) is 0 Å². The van der Waals surface area contributed by atoms with Crippen LogP contribution in [0.1, 0.15) is 16.7 Å². The molecule has 13 heteroatoms. The molecule has 0 saturated heterocycles. The van der Waals surface area contributed by atoms with Crippen LogP contribution in [0.5, 0.6) is 0 Å². The van der Waals surface area contributed by atoms with Crippen LogP contribution in [0.15, 0.2) is 42.5 Å². The minimum Gasteiger partial charge on any atom is -0.318 e. The number of carbonyl (C=O) groups is 2. The largest absolute Gasteiger partial charge is 0.416 e. The molecule has 0 heterocycles. The molecule has 0 saturated carbocycles. The van der Waals surface area contributed by atoms with E-state index in [1.165, 1.54) is 0 Å². The van der Waals surface area contributed by atoms with Crippen LogP contribution in [0, 0.1) is 0 Å². The maximum Gasteiger partial charge on any atom is 0.416 e. The Labute approximate surface area is 161 Å². The second kappa shape index (κ2) is 7.88. The number of nitrogens with one attached hydrogen (secondary N) is 2. The molecule has 0 aliphatic heterocycles. The average molecular weight is 444 g/mol. The molecule has 0 fully saturated rings. The molecule has 2 aromatic carbocycles. The topological polar surface area (TPSA) is 58.2 Å². The Morgan fingerprint density at radius 1 is 0.533 bits per heavy atom. The molecular formula is C17H9F9N2O2. The monoisotopic (exact) mass is 444 g/mol. The van der Waals surface area contributed by atoms with Gasteiger partial charge < -0.3 is 10.6 Å². The number of alkyl halides is 9. The number of hydrogen-bond acceptors (Lipinski definition) is 2. The normalized spacial score (nSPS) is 12.4. The number of hydrogen-bond donors (Lipinski definition) is 2. The molecular weight excluding hydrogens is 435 g/mol. The summed E-state index contributed by atoms with van der Waals surface area (Å²) in [5.41, 5.74) is -5.69. The number of anilines is 2. The quantitative estimate of drug-likeness (QED) is 0.487. The van der Waals surface area contributed by atoms with Gasteiger partial charge in [0.25, 0.3) is 0 Å². The molecule has 4 nitrogen and oxygen atoms in total. The summed E-state index contributed by atoms with van der Waals surface area (Å²) in [6.45, 7) is 0. The van der Waals surface area contributed by atoms with Crippen molar-refractivity contribution < 1.29 is 49.1 Å². The van der Waals surface area contributed by atoms with E-state index < -0.39 is 52.7 Å². The van der Waals surface area contributed by atoms with E-state index in [1.807, 2.05) is 5.32 Å². The van der Waals surface area contributed by atoms with Crippen molar-refractivity contribution >= 4 is 23.2 Å². The SMILES string of the molecule is O=C(Nc1ccc(C(F)(F)F)cc1)C(=O)Nc1cc(C(F)(F)F)cc(C(F)(F)F)c1. The Morgan fingerprint density at radius 2 is 0.900 bits per heavy atom. The smallest absolute Gasteiger partial charge is 0.318 e. The lowest BCUT2D eigenvalue weighted by molar-refractivity contribution is -0.143. The van der Waals surface area contributed by atoms with Gasteiger partial charge in [-0.15, -0.1) is 0 Å². The highest BCUT2D eigenvalue weighted by molar-refractivity contribution is 6.43. The van der Waals surface area contributed by atoms with Crippen molar-refractivity contribution in [2.75, 3.05) is 10.6 Å². The van der Waals surface area contributed by atoms with Gasteiger partial charge in [-0.25, -0.2) is 0 Å². The lowest BCUT2D eigenvalue weighted by Gasteiger charge is -2.14. The number of carbonyl (C=O) groups excluding carboxylic acids is 2. The lowest BCUT2D eigenvalue weighted by Crippen LogP contribution is -2.29. The summed E-state index contributed by atoms with van der Waals surface area (Å²) < 4.78 is 114. The molecule has 162 valence electrons. The van der Waals surface area contributed by atoms with Crippen molar-refractivity contribution in [3.8, 4) is 0 Å². The van der Waals surface area contributed by atoms with Crippen LogP contribution < -0.4 is 10.6 Å². The molecule has 2 rings (SSSR count). The lowest BCUT2D eigenvalue weighted by atomic mass is 10.1. The van der Waals surface area contributed by atoms with Gasteiger partial charge in [0, 0.05) is 11.4 Å². The molecule has 2 amide bonds. The fourth-order valence-electron chi connectivity index (χ4n) is 2.15. The van der Waals surface area contributed by atoms with Crippen LogP contribution in [0.3, 0.4) is 0 Å². The first kappa shape index (κ1) is 23.0. The van der Waals surface area contributed by atoms with Gasteiger partial charge in [-0.2, -0.15) is 39.5 Å². The van der Waals surface area contributed by atoms with Gasteiger partial charge in [0.2, 0.25) is 0 Å². The minimum absolute atomic E-state index is 0.169. The van der Waals surface area contributed by atoms with Crippen molar-refractivity contribution in [1.29, 1.82) is 0 Å². The Balaban J connectivity index is 2.19. The molecule has 30 heavy (non-hydrogen) atoms. The third kappa shape index (κ3) is 5.87. The highest BCUT2D eigenvalue weighted by atomic mass is 19.4. The molecule has 0 atom stereocenters. The predicted molar refractivity (Wildman–Crippen MR) is 85.1 cm³/mol. The van der Waals surface area contributed by atoms with Crippen LogP contribution in [-0.4, -0.2) is 11.8 Å². The number of benzene rings is 2. The third-order valence-electron chi connectivity index (χ3n) is 3.52. The second-order valence-corrected chi connectivity index (χ2v) is 5.78. The van der Waals surface area contributed by atoms with E-state index in [1.54, 1.807) is 5.32 Å². The molecule has 0 aliphatic rings. The van der Waals surface area contributed by atoms with E-state index in [4.69, 9.17) is 0 Å². The summed E-state index contributed by atoms with van der Waals surface area (Å²) >= 11 is 0. The third-order valence-corrected chi connectivity index (χ3v) is 3.52. The maximum atomic E-state index is 12.8. The molecule has 0 bridgehead atoms. The zero-order chi connectivity index (χ0) is 22.9. The van der Waals surface area contributed by atoms with E-state index in [0.29, 0.717) is 12.1 Å². The zero-order valence-corrected chi connectivity index (χ0v) is 14.3. The summed E-state index contributed by atoms with van der Waals surface area (Å²) in [5, 5.41) is 3.46. The molecule has 2 N–H and O–H groups in total. The van der Waals surface area contributed by atoms with Gasteiger partial charge in [0.1, 0.15) is 0 Å². The predicted octanol–water partition coefficient (Wildman–Crippen LogP) is 5.32. The van der Waals surface area contributed by atoms with Crippen LogP contribution >= 0.6 is 0 Å². The van der Waals surface area contributed by atoms with Crippen LogP contribution in [0.4, 0.5) is 50.9 Å². The minimum atomic E-state index is -5.16. The van der Waals surface area contributed by atoms with Gasteiger partial charge in [0.15, 0.2) is 0 Å². The van der Waals surface area contributed by atoms with E-state index in [2.05, 4.69) is 0 Å². The van der Waals surface area contributed by atoms with E-state index in [-0.39, 0.29) is 23.9 Å². The summed E-state index contributed by atoms with van der Waals surface area (Å²) in [6.07, 6.45) is -15.0. The standard InChI is InChI=1S/C17H9F9N2O2/c18-15(19,20)8-1-3-11(4-2-8)27-13(29)14(30)28-12-6-9(16(21,22)23)5-10(7-12)17(24,25)26/h1-7H,(H,27,29)(H,28,30). The summed E-state index contributed by atoms with van der Waals surface area (Å²) in [4.78, 5) is 23.6. The van der Waals surface area contributed by atoms with Crippen molar-refractivity contribution in [3.63, 3.8) is 0 Å². The van der Waals surface area contributed by atoms with Gasteiger partial charge in [-0.1, -0.05) is 0 Å². The fraction of sp³-hybridized carbons (Fsp3) is 0.176. The molecule has 0 aliphatic carbocycles. The first-order valence-corrected chi connectivity index (χ1v) is 7.66. The van der Waals surface area contributed by atoms with E-state index in [9.17, 15) is 49.1 Å². The number of rotatable bonds is 2. The molecule has 0 spiro atoms. The fourth-order valence-corrected chi connectivity index (χ4v) is 2.15. The summed E-state index contributed by atoms with van der Waals surface area (Å²) in [7, 11) is 0. The molecule has 2 aromatic rings. The van der Waals surface area contributed by atoms with Gasteiger partial charge >= 0.3 is 30.3 Å². The first-order chi connectivity index (χ1) is 13.6. The Morgan fingerprint density at radius 3 is 1.27 bits per heavy atom. The summed E-state index contributed by atoms with van der Waals surface area (Å²) in [5.74, 6) is -3.16. The summed E-state index contributed by atoms with van der Waals surface area (Å²) in [6, 6.07) is 3.01. The second-order valence-electron chi connectivity index (χ2n) is 5.78. The average Bonchev–Trinajstić information content (AvgIpc) is 2.59. The van der Waals surface area contributed by atoms with Crippen molar-refractivity contribution in [3.05, 3.63) is 59.2 Å². The molecule has 0 radical (unpaired) electrons. The maximum absolute atomic E-state index is 12.8. The number of halogens is 9. The molecule has 0 unspecified atom stereocenters. The van der Waals surface area contributed by atoms with E-state index >= 15 is 0 Å². The van der Waals surface area contributed by atoms with Crippen LogP contribution in [0.25, 0.3) is 0 Å². The van der Waals surface area contributed by atoms with Crippen molar-refractivity contribution in [2.45, 2.75) is 18.5 Å². The van der Waals surface area contributed by atoms with Gasteiger partial charge in [-0.05, 0) is 42.5 Å². The van der Waals surface area contributed by atoms with Gasteiger partial charge in [-0.3, -0.25) is 9.59 Å².